The Morgan fingerprint density at radius 2 is 1.94 bits per heavy atom. The van der Waals surface area contributed by atoms with Crippen molar-refractivity contribution in [1.29, 1.82) is 0 Å². The average Bonchev–Trinajstić information content (AvgIpc) is 2.59. The molecule has 2 heterocycles. The third kappa shape index (κ3) is 2.87. The van der Waals surface area contributed by atoms with Crippen LogP contribution < -0.4 is 10.2 Å². The lowest BCUT2D eigenvalue weighted by atomic mass is 10.2. The van der Waals surface area contributed by atoms with Crippen molar-refractivity contribution in [3.63, 3.8) is 0 Å². The van der Waals surface area contributed by atoms with Gasteiger partial charge in [0.2, 0.25) is 0 Å². The van der Waals surface area contributed by atoms with Gasteiger partial charge in [-0.25, -0.2) is 4.98 Å². The third-order valence-corrected chi connectivity index (χ3v) is 3.06. The summed E-state index contributed by atoms with van der Waals surface area (Å²) in [6, 6.07) is 4.25. The summed E-state index contributed by atoms with van der Waals surface area (Å²) in [5.74, 6) is 1.13. The Labute approximate surface area is 97.9 Å². The molecule has 0 aromatic carbocycles. The van der Waals surface area contributed by atoms with Gasteiger partial charge in [0, 0.05) is 19.6 Å². The fourth-order valence-electron chi connectivity index (χ4n) is 2.18. The van der Waals surface area contributed by atoms with Gasteiger partial charge in [-0.1, -0.05) is 12.8 Å². The van der Waals surface area contributed by atoms with Gasteiger partial charge in [-0.05, 0) is 31.9 Å². The van der Waals surface area contributed by atoms with Crippen LogP contribution >= 0.6 is 0 Å². The molecule has 1 aromatic rings. The van der Waals surface area contributed by atoms with Gasteiger partial charge >= 0.3 is 0 Å². The molecule has 1 fully saturated rings. The van der Waals surface area contributed by atoms with Crippen molar-refractivity contribution in [2.45, 2.75) is 32.6 Å². The minimum Gasteiger partial charge on any atom is -0.384 e. The highest BCUT2D eigenvalue weighted by Gasteiger charge is 2.10. The highest BCUT2D eigenvalue weighted by Crippen LogP contribution is 2.18. The van der Waals surface area contributed by atoms with Crippen LogP contribution in [0.5, 0.6) is 0 Å². The van der Waals surface area contributed by atoms with E-state index >= 15 is 0 Å². The molecule has 0 radical (unpaired) electrons. The van der Waals surface area contributed by atoms with E-state index < -0.39 is 0 Å². The van der Waals surface area contributed by atoms with Gasteiger partial charge in [-0.3, -0.25) is 0 Å². The Bertz CT molecular complexity index is 299. The van der Waals surface area contributed by atoms with Crippen molar-refractivity contribution >= 4 is 11.5 Å². The SMILES string of the molecule is CCNc1ccc(N2CCCCCC2)nc1. The van der Waals surface area contributed by atoms with E-state index in [1.807, 2.05) is 6.20 Å². The number of nitrogens with zero attached hydrogens (tertiary/aromatic N) is 2. The summed E-state index contributed by atoms with van der Waals surface area (Å²) in [7, 11) is 0. The van der Waals surface area contributed by atoms with Crippen molar-refractivity contribution in [3.05, 3.63) is 18.3 Å². The molecule has 2 rings (SSSR count). The molecule has 1 aliphatic rings. The second-order valence-electron chi connectivity index (χ2n) is 4.34. The summed E-state index contributed by atoms with van der Waals surface area (Å²) in [5.41, 5.74) is 1.11. The Kier molecular flexibility index (Phi) is 4.03. The lowest BCUT2D eigenvalue weighted by molar-refractivity contribution is 0.726. The number of anilines is 2. The lowest BCUT2D eigenvalue weighted by Gasteiger charge is -2.21. The summed E-state index contributed by atoms with van der Waals surface area (Å²) in [6.07, 6.45) is 7.27. The molecule has 3 heteroatoms. The molecule has 3 nitrogen and oxygen atoms in total. The van der Waals surface area contributed by atoms with Crippen LogP contribution in [0, 0.1) is 0 Å². The molecule has 1 aromatic heterocycles. The Morgan fingerprint density at radius 1 is 1.19 bits per heavy atom. The number of rotatable bonds is 3. The number of nitrogens with one attached hydrogen (secondary N) is 1. The van der Waals surface area contributed by atoms with Gasteiger partial charge in [0.25, 0.3) is 0 Å². The highest BCUT2D eigenvalue weighted by atomic mass is 15.2. The van der Waals surface area contributed by atoms with Gasteiger partial charge in [-0.2, -0.15) is 0 Å². The van der Waals surface area contributed by atoms with E-state index in [1.165, 1.54) is 25.7 Å². The molecule has 0 saturated carbocycles. The molecular formula is C13H21N3. The van der Waals surface area contributed by atoms with E-state index in [2.05, 4.69) is 34.3 Å². The zero-order valence-corrected chi connectivity index (χ0v) is 10.1. The molecule has 0 unspecified atom stereocenters. The summed E-state index contributed by atoms with van der Waals surface area (Å²) >= 11 is 0. The van der Waals surface area contributed by atoms with Crippen LogP contribution in [-0.2, 0) is 0 Å². The quantitative estimate of drug-likeness (QED) is 0.847. The van der Waals surface area contributed by atoms with Crippen LogP contribution in [0.1, 0.15) is 32.6 Å². The minimum absolute atomic E-state index is 0.949. The van der Waals surface area contributed by atoms with Gasteiger partial charge in [0.05, 0.1) is 11.9 Å². The molecular weight excluding hydrogens is 198 g/mol. The number of hydrogen-bond donors (Lipinski definition) is 1. The largest absolute Gasteiger partial charge is 0.384 e. The van der Waals surface area contributed by atoms with E-state index in [4.69, 9.17) is 0 Å². The zero-order valence-electron chi connectivity index (χ0n) is 10.1. The fraction of sp³-hybridized carbons (Fsp3) is 0.615. The monoisotopic (exact) mass is 219 g/mol. The first-order valence-electron chi connectivity index (χ1n) is 6.35. The molecule has 0 amide bonds. The maximum Gasteiger partial charge on any atom is 0.128 e. The molecule has 0 aliphatic carbocycles. The van der Waals surface area contributed by atoms with E-state index in [-0.39, 0.29) is 0 Å². The van der Waals surface area contributed by atoms with Crippen LogP contribution in [-0.4, -0.2) is 24.6 Å². The Balaban J connectivity index is 2.01. The van der Waals surface area contributed by atoms with Gasteiger partial charge in [-0.15, -0.1) is 0 Å². The van der Waals surface area contributed by atoms with Gasteiger partial charge in [0.15, 0.2) is 0 Å². The molecule has 88 valence electrons. The topological polar surface area (TPSA) is 28.2 Å². The summed E-state index contributed by atoms with van der Waals surface area (Å²) < 4.78 is 0. The van der Waals surface area contributed by atoms with Crippen molar-refractivity contribution in [2.75, 3.05) is 29.9 Å². The first-order valence-corrected chi connectivity index (χ1v) is 6.35. The van der Waals surface area contributed by atoms with Crippen LogP contribution in [0.4, 0.5) is 11.5 Å². The van der Waals surface area contributed by atoms with E-state index in [1.54, 1.807) is 0 Å². The first kappa shape index (κ1) is 11.2. The molecule has 0 bridgehead atoms. The predicted octanol–water partition coefficient (Wildman–Crippen LogP) is 2.89. The Hall–Kier alpha value is -1.25. The smallest absolute Gasteiger partial charge is 0.128 e. The average molecular weight is 219 g/mol. The normalized spacial score (nSPS) is 16.9. The van der Waals surface area contributed by atoms with Crippen molar-refractivity contribution in [1.82, 2.24) is 4.98 Å². The highest BCUT2D eigenvalue weighted by molar-refractivity contribution is 5.48. The predicted molar refractivity (Wildman–Crippen MR) is 69.1 cm³/mol. The van der Waals surface area contributed by atoms with Crippen LogP contribution in [0.2, 0.25) is 0 Å². The molecule has 16 heavy (non-hydrogen) atoms. The van der Waals surface area contributed by atoms with Crippen LogP contribution in [0.25, 0.3) is 0 Å². The standard InChI is InChI=1S/C13H21N3/c1-2-14-12-7-8-13(15-11-12)16-9-5-3-4-6-10-16/h7-8,11,14H,2-6,9-10H2,1H3. The van der Waals surface area contributed by atoms with E-state index in [0.29, 0.717) is 0 Å². The summed E-state index contributed by atoms with van der Waals surface area (Å²) in [6.45, 7) is 5.37. The number of pyridine rings is 1. The second kappa shape index (κ2) is 5.73. The first-order chi connectivity index (χ1) is 7.90. The van der Waals surface area contributed by atoms with E-state index in [9.17, 15) is 0 Å². The Morgan fingerprint density at radius 3 is 2.50 bits per heavy atom. The number of aromatic nitrogens is 1. The minimum atomic E-state index is 0.949. The maximum atomic E-state index is 4.53. The maximum absolute atomic E-state index is 4.53. The molecule has 0 atom stereocenters. The van der Waals surface area contributed by atoms with Crippen LogP contribution in [0.15, 0.2) is 18.3 Å². The summed E-state index contributed by atoms with van der Waals surface area (Å²) in [4.78, 5) is 6.93. The van der Waals surface area contributed by atoms with Crippen molar-refractivity contribution in [2.24, 2.45) is 0 Å². The third-order valence-electron chi connectivity index (χ3n) is 3.06. The molecule has 1 saturated heterocycles. The van der Waals surface area contributed by atoms with Crippen molar-refractivity contribution < 1.29 is 0 Å². The molecule has 1 aliphatic heterocycles. The zero-order chi connectivity index (χ0) is 11.2. The fourth-order valence-corrected chi connectivity index (χ4v) is 2.18. The van der Waals surface area contributed by atoms with Gasteiger partial charge < -0.3 is 10.2 Å². The summed E-state index contributed by atoms with van der Waals surface area (Å²) in [5, 5.41) is 3.27. The molecule has 0 spiro atoms. The van der Waals surface area contributed by atoms with Gasteiger partial charge in [0.1, 0.15) is 5.82 Å². The number of hydrogen-bond acceptors (Lipinski definition) is 3. The lowest BCUT2D eigenvalue weighted by Crippen LogP contribution is -2.24. The van der Waals surface area contributed by atoms with Crippen molar-refractivity contribution in [3.8, 4) is 0 Å². The van der Waals surface area contributed by atoms with E-state index in [0.717, 1.165) is 31.1 Å². The molecule has 1 N–H and O–H groups in total. The second-order valence-corrected chi connectivity index (χ2v) is 4.34. The van der Waals surface area contributed by atoms with Crippen LogP contribution in [0.3, 0.4) is 0 Å².